The number of esters is 1. The minimum atomic E-state index is -3.38. The molecule has 1 atom stereocenters. The number of sulfonamides is 1. The zero-order chi connectivity index (χ0) is 20.7. The molecule has 2 aromatic rings. The van der Waals surface area contributed by atoms with Crippen molar-refractivity contribution in [2.45, 2.75) is 31.3 Å². The molecular formula is C20H23NO5S2. The number of nitrogens with one attached hydrogen (secondary N) is 1. The van der Waals surface area contributed by atoms with Gasteiger partial charge < -0.3 is 4.74 Å². The van der Waals surface area contributed by atoms with Crippen molar-refractivity contribution < 1.29 is 22.7 Å². The number of hydrogen-bond donors (Lipinski definition) is 1. The Balaban J connectivity index is 1.82. The van der Waals surface area contributed by atoms with Gasteiger partial charge in [0.05, 0.1) is 12.7 Å². The Hall–Kier alpha value is -2.32. The number of aryl methyl sites for hydroxylation is 1. The summed E-state index contributed by atoms with van der Waals surface area (Å²) in [7, 11) is -3.38. The van der Waals surface area contributed by atoms with Crippen LogP contribution in [0.3, 0.4) is 0 Å². The van der Waals surface area contributed by atoms with Crippen molar-refractivity contribution >= 4 is 39.2 Å². The molecule has 0 aliphatic heterocycles. The van der Waals surface area contributed by atoms with E-state index in [4.69, 9.17) is 4.74 Å². The summed E-state index contributed by atoms with van der Waals surface area (Å²) in [6.07, 6.45) is 0.337. The lowest BCUT2D eigenvalue weighted by Crippen LogP contribution is -2.24. The molecule has 2 aromatic carbocycles. The highest BCUT2D eigenvalue weighted by molar-refractivity contribution is 7.99. The van der Waals surface area contributed by atoms with E-state index in [1.807, 2.05) is 31.2 Å². The van der Waals surface area contributed by atoms with E-state index in [-0.39, 0.29) is 12.2 Å². The predicted octanol–water partition coefficient (Wildman–Crippen LogP) is 3.66. The van der Waals surface area contributed by atoms with Crippen molar-refractivity contribution in [3.8, 4) is 0 Å². The number of Topliss-reactive ketones (excluding diaryl/α,β-unsaturated/α-hetero) is 1. The number of hydrogen-bond acceptors (Lipinski definition) is 6. The van der Waals surface area contributed by atoms with Gasteiger partial charge in [-0.1, -0.05) is 17.7 Å². The van der Waals surface area contributed by atoms with E-state index in [9.17, 15) is 18.0 Å². The second-order valence-electron chi connectivity index (χ2n) is 6.36. The van der Waals surface area contributed by atoms with E-state index < -0.39 is 22.1 Å². The third-order valence-electron chi connectivity index (χ3n) is 3.75. The smallest absolute Gasteiger partial charge is 0.307 e. The number of thioether (sulfide) groups is 1. The maximum Gasteiger partial charge on any atom is 0.307 e. The number of ether oxygens (including phenoxy) is 1. The fraction of sp³-hybridized carbons (Fsp3) is 0.300. The van der Waals surface area contributed by atoms with E-state index in [1.54, 1.807) is 11.8 Å². The van der Waals surface area contributed by atoms with Crippen LogP contribution in [0, 0.1) is 6.92 Å². The molecule has 1 N–H and O–H groups in total. The maximum absolute atomic E-state index is 12.4. The number of ketones is 1. The Morgan fingerprint density at radius 2 is 1.68 bits per heavy atom. The molecule has 6 nitrogen and oxygen atoms in total. The zero-order valence-electron chi connectivity index (χ0n) is 16.0. The quantitative estimate of drug-likeness (QED) is 0.378. The number of anilines is 1. The van der Waals surface area contributed by atoms with Crippen LogP contribution in [0.2, 0.25) is 0 Å². The van der Waals surface area contributed by atoms with Crippen molar-refractivity contribution in [1.82, 2.24) is 0 Å². The van der Waals surface area contributed by atoms with Gasteiger partial charge in [-0.2, -0.15) is 0 Å². The van der Waals surface area contributed by atoms with Crippen LogP contribution in [-0.4, -0.2) is 38.3 Å². The van der Waals surface area contributed by atoms with E-state index >= 15 is 0 Å². The van der Waals surface area contributed by atoms with Crippen LogP contribution in [0.1, 0.15) is 29.3 Å². The Morgan fingerprint density at radius 1 is 1.07 bits per heavy atom. The highest BCUT2D eigenvalue weighted by Crippen LogP contribution is 2.19. The molecule has 2 rings (SSSR count). The van der Waals surface area contributed by atoms with Crippen molar-refractivity contribution in [3.05, 3.63) is 59.7 Å². The summed E-state index contributed by atoms with van der Waals surface area (Å²) < 4.78 is 29.9. The van der Waals surface area contributed by atoms with E-state index in [2.05, 4.69) is 4.72 Å². The lowest BCUT2D eigenvalue weighted by molar-refractivity contribution is -0.145. The van der Waals surface area contributed by atoms with Crippen molar-refractivity contribution in [1.29, 1.82) is 0 Å². The second-order valence-corrected chi connectivity index (χ2v) is 9.28. The summed E-state index contributed by atoms with van der Waals surface area (Å²) in [6, 6.07) is 14.0. The first-order valence-corrected chi connectivity index (χ1v) is 11.5. The Labute approximate surface area is 169 Å². The molecule has 0 aliphatic rings. The molecule has 28 heavy (non-hydrogen) atoms. The summed E-state index contributed by atoms with van der Waals surface area (Å²) >= 11 is 1.55. The van der Waals surface area contributed by atoms with Gasteiger partial charge >= 0.3 is 5.97 Å². The Morgan fingerprint density at radius 3 is 2.25 bits per heavy atom. The predicted molar refractivity (Wildman–Crippen MR) is 111 cm³/mol. The molecule has 0 aromatic heterocycles. The number of carbonyl (C=O) groups excluding carboxylic acids is 2. The van der Waals surface area contributed by atoms with E-state index in [0.29, 0.717) is 17.0 Å². The summed E-state index contributed by atoms with van der Waals surface area (Å²) in [6.45, 7) is 3.54. The summed E-state index contributed by atoms with van der Waals surface area (Å²) in [4.78, 5) is 25.4. The van der Waals surface area contributed by atoms with Gasteiger partial charge in [0, 0.05) is 21.9 Å². The van der Waals surface area contributed by atoms with Crippen molar-refractivity contribution in [3.63, 3.8) is 0 Å². The van der Waals surface area contributed by atoms with Gasteiger partial charge in [0.1, 0.15) is 0 Å². The zero-order valence-corrected chi connectivity index (χ0v) is 17.6. The average Bonchev–Trinajstić information content (AvgIpc) is 2.62. The van der Waals surface area contributed by atoms with Gasteiger partial charge in [-0.3, -0.25) is 14.3 Å². The van der Waals surface area contributed by atoms with E-state index in [1.165, 1.54) is 36.8 Å². The molecule has 0 heterocycles. The molecule has 0 spiro atoms. The van der Waals surface area contributed by atoms with Crippen LogP contribution in [0.5, 0.6) is 0 Å². The molecule has 0 saturated heterocycles. The second kappa shape index (κ2) is 9.75. The van der Waals surface area contributed by atoms with Crippen LogP contribution in [0.25, 0.3) is 0 Å². The SMILES string of the molecule is Cc1ccc(SCCC(=O)O[C@@H](C)C(=O)c2ccc(NS(C)(=O)=O)cc2)cc1. The molecule has 0 unspecified atom stereocenters. The van der Waals surface area contributed by atoms with Crippen molar-refractivity contribution in [2.75, 3.05) is 16.7 Å². The number of benzene rings is 2. The topological polar surface area (TPSA) is 89.5 Å². The fourth-order valence-electron chi connectivity index (χ4n) is 2.35. The summed E-state index contributed by atoms with van der Waals surface area (Å²) in [5.41, 5.74) is 1.88. The first kappa shape index (κ1) is 22.0. The maximum atomic E-state index is 12.4. The standard InChI is InChI=1S/C20H23NO5S2/c1-14-4-10-18(11-5-14)27-13-12-19(22)26-15(2)20(23)16-6-8-17(9-7-16)21-28(3,24)25/h4-11,15,21H,12-13H2,1-3H3/t15-/m0/s1. The van der Waals surface area contributed by atoms with Crippen LogP contribution < -0.4 is 4.72 Å². The molecule has 0 radical (unpaired) electrons. The summed E-state index contributed by atoms with van der Waals surface area (Å²) in [5.74, 6) is -0.212. The van der Waals surface area contributed by atoms with Gasteiger partial charge in [0.25, 0.3) is 0 Å². The monoisotopic (exact) mass is 421 g/mol. The molecule has 0 aliphatic carbocycles. The molecule has 0 fully saturated rings. The first-order valence-electron chi connectivity index (χ1n) is 8.65. The normalized spacial score (nSPS) is 12.2. The molecule has 0 bridgehead atoms. The third kappa shape index (κ3) is 7.36. The number of carbonyl (C=O) groups is 2. The molecule has 150 valence electrons. The Bertz CT molecular complexity index is 922. The lowest BCUT2D eigenvalue weighted by Gasteiger charge is -2.13. The summed E-state index contributed by atoms with van der Waals surface area (Å²) in [5, 5.41) is 0. The van der Waals surface area contributed by atoms with Gasteiger partial charge in [0.2, 0.25) is 15.8 Å². The third-order valence-corrected chi connectivity index (χ3v) is 5.37. The lowest BCUT2D eigenvalue weighted by atomic mass is 10.1. The van der Waals surface area contributed by atoms with Gasteiger partial charge in [0.15, 0.2) is 6.10 Å². The van der Waals surface area contributed by atoms with E-state index in [0.717, 1.165) is 11.2 Å². The molecule has 8 heteroatoms. The minimum absolute atomic E-state index is 0.202. The number of rotatable bonds is 9. The van der Waals surface area contributed by atoms with Gasteiger partial charge in [-0.25, -0.2) is 8.42 Å². The highest BCUT2D eigenvalue weighted by atomic mass is 32.2. The van der Waals surface area contributed by atoms with Gasteiger partial charge in [-0.05, 0) is 50.2 Å². The van der Waals surface area contributed by atoms with Crippen LogP contribution in [0.15, 0.2) is 53.4 Å². The van der Waals surface area contributed by atoms with Crippen LogP contribution in [0.4, 0.5) is 5.69 Å². The molecule has 0 saturated carbocycles. The first-order chi connectivity index (χ1) is 13.1. The molecule has 0 amide bonds. The molecular weight excluding hydrogens is 398 g/mol. The highest BCUT2D eigenvalue weighted by Gasteiger charge is 2.19. The minimum Gasteiger partial charge on any atom is -0.454 e. The van der Waals surface area contributed by atoms with Crippen LogP contribution >= 0.6 is 11.8 Å². The average molecular weight is 422 g/mol. The fourth-order valence-corrected chi connectivity index (χ4v) is 3.74. The van der Waals surface area contributed by atoms with Crippen LogP contribution in [-0.2, 0) is 19.6 Å². The van der Waals surface area contributed by atoms with Crippen molar-refractivity contribution in [2.24, 2.45) is 0 Å². The Kier molecular flexibility index (Phi) is 7.65. The van der Waals surface area contributed by atoms with Gasteiger partial charge in [-0.15, -0.1) is 11.8 Å². The largest absolute Gasteiger partial charge is 0.454 e.